The number of aromatic nitrogens is 1. The highest BCUT2D eigenvalue weighted by Gasteiger charge is 2.04. The van der Waals surface area contributed by atoms with Crippen molar-refractivity contribution >= 4 is 0 Å². The Morgan fingerprint density at radius 2 is 2.33 bits per heavy atom. The summed E-state index contributed by atoms with van der Waals surface area (Å²) in [4.78, 5) is 4.00. The number of nitriles is 1. The van der Waals surface area contributed by atoms with Gasteiger partial charge in [-0.3, -0.25) is 0 Å². The van der Waals surface area contributed by atoms with E-state index in [0.717, 1.165) is 0 Å². The molecule has 15 heavy (non-hydrogen) atoms. The molecule has 1 unspecified atom stereocenters. The SMILES string of the molecule is CCOCC(C)Oc1ccc(C#N)cn1. The van der Waals surface area contributed by atoms with E-state index in [9.17, 15) is 0 Å². The number of hydrogen-bond acceptors (Lipinski definition) is 4. The van der Waals surface area contributed by atoms with Crippen molar-refractivity contribution in [2.24, 2.45) is 0 Å². The summed E-state index contributed by atoms with van der Waals surface area (Å²) in [6.45, 7) is 5.06. The van der Waals surface area contributed by atoms with Crippen molar-refractivity contribution in [3.05, 3.63) is 23.9 Å². The smallest absolute Gasteiger partial charge is 0.213 e. The lowest BCUT2D eigenvalue weighted by molar-refractivity contribution is 0.0633. The minimum atomic E-state index is -0.0367. The molecule has 80 valence electrons. The fraction of sp³-hybridized carbons (Fsp3) is 0.455. The van der Waals surface area contributed by atoms with E-state index in [-0.39, 0.29) is 6.10 Å². The van der Waals surface area contributed by atoms with Crippen molar-refractivity contribution in [3.8, 4) is 11.9 Å². The van der Waals surface area contributed by atoms with Gasteiger partial charge in [-0.1, -0.05) is 0 Å². The average molecular weight is 206 g/mol. The number of rotatable bonds is 5. The van der Waals surface area contributed by atoms with Gasteiger partial charge in [0.25, 0.3) is 0 Å². The predicted octanol–water partition coefficient (Wildman–Crippen LogP) is 1.76. The summed E-state index contributed by atoms with van der Waals surface area (Å²) in [6, 6.07) is 5.36. The molecular formula is C11H14N2O2. The molecule has 1 aromatic heterocycles. The third-order valence-electron chi connectivity index (χ3n) is 1.74. The fourth-order valence-electron chi connectivity index (χ4n) is 1.04. The maximum atomic E-state index is 8.58. The normalized spacial score (nSPS) is 11.8. The molecule has 0 saturated heterocycles. The van der Waals surface area contributed by atoms with Gasteiger partial charge in [0.1, 0.15) is 12.2 Å². The first-order chi connectivity index (χ1) is 7.26. The lowest BCUT2D eigenvalue weighted by Gasteiger charge is -2.13. The second-order valence-corrected chi connectivity index (χ2v) is 3.08. The maximum Gasteiger partial charge on any atom is 0.213 e. The van der Waals surface area contributed by atoms with Gasteiger partial charge in [-0.15, -0.1) is 0 Å². The van der Waals surface area contributed by atoms with Crippen LogP contribution < -0.4 is 4.74 Å². The van der Waals surface area contributed by atoms with Gasteiger partial charge in [-0.25, -0.2) is 4.98 Å². The maximum absolute atomic E-state index is 8.58. The molecule has 0 saturated carbocycles. The van der Waals surface area contributed by atoms with E-state index in [1.165, 1.54) is 6.20 Å². The Bertz CT molecular complexity index is 329. The van der Waals surface area contributed by atoms with Crippen LogP contribution in [-0.2, 0) is 4.74 Å². The quantitative estimate of drug-likeness (QED) is 0.736. The highest BCUT2D eigenvalue weighted by Crippen LogP contribution is 2.09. The lowest BCUT2D eigenvalue weighted by atomic mass is 10.3. The van der Waals surface area contributed by atoms with Crippen molar-refractivity contribution in [2.75, 3.05) is 13.2 Å². The summed E-state index contributed by atoms with van der Waals surface area (Å²) in [6.07, 6.45) is 1.45. The molecule has 4 heteroatoms. The van der Waals surface area contributed by atoms with Crippen LogP contribution in [0.1, 0.15) is 19.4 Å². The van der Waals surface area contributed by atoms with Crippen molar-refractivity contribution in [1.82, 2.24) is 4.98 Å². The van der Waals surface area contributed by atoms with Crippen LogP contribution in [0, 0.1) is 11.3 Å². The zero-order valence-electron chi connectivity index (χ0n) is 8.93. The van der Waals surface area contributed by atoms with Crippen LogP contribution in [-0.4, -0.2) is 24.3 Å². The number of ether oxygens (including phenoxy) is 2. The Kier molecular flexibility index (Phi) is 4.58. The highest BCUT2D eigenvalue weighted by atomic mass is 16.5. The molecular weight excluding hydrogens is 192 g/mol. The molecule has 0 fully saturated rings. The van der Waals surface area contributed by atoms with Gasteiger partial charge in [0.2, 0.25) is 5.88 Å². The first kappa shape index (κ1) is 11.5. The summed E-state index contributed by atoms with van der Waals surface area (Å²) in [5, 5.41) is 8.58. The van der Waals surface area contributed by atoms with Crippen molar-refractivity contribution < 1.29 is 9.47 Å². The summed E-state index contributed by atoms with van der Waals surface area (Å²) in [5.74, 6) is 0.515. The monoisotopic (exact) mass is 206 g/mol. The van der Waals surface area contributed by atoms with Crippen LogP contribution in [0.4, 0.5) is 0 Å². The third kappa shape index (κ3) is 3.96. The van der Waals surface area contributed by atoms with E-state index in [1.54, 1.807) is 12.1 Å². The Morgan fingerprint density at radius 3 is 2.87 bits per heavy atom. The molecule has 1 heterocycles. The molecule has 0 radical (unpaired) electrons. The molecule has 0 spiro atoms. The third-order valence-corrected chi connectivity index (χ3v) is 1.74. The van der Waals surface area contributed by atoms with E-state index in [4.69, 9.17) is 14.7 Å². The van der Waals surface area contributed by atoms with Gasteiger partial charge in [-0.2, -0.15) is 5.26 Å². The molecule has 0 amide bonds. The van der Waals surface area contributed by atoms with Gasteiger partial charge in [-0.05, 0) is 19.9 Å². The van der Waals surface area contributed by atoms with E-state index in [2.05, 4.69) is 4.98 Å². The lowest BCUT2D eigenvalue weighted by Crippen LogP contribution is -2.19. The number of hydrogen-bond donors (Lipinski definition) is 0. The number of nitrogens with zero attached hydrogens (tertiary/aromatic N) is 2. The number of pyridine rings is 1. The molecule has 4 nitrogen and oxygen atoms in total. The van der Waals surface area contributed by atoms with Gasteiger partial charge in [0.05, 0.1) is 12.2 Å². The van der Waals surface area contributed by atoms with Crippen molar-refractivity contribution in [2.45, 2.75) is 20.0 Å². The second-order valence-electron chi connectivity index (χ2n) is 3.08. The first-order valence-electron chi connectivity index (χ1n) is 4.86. The molecule has 1 rings (SSSR count). The Labute approximate surface area is 89.5 Å². The van der Waals surface area contributed by atoms with E-state index >= 15 is 0 Å². The van der Waals surface area contributed by atoms with Crippen LogP contribution in [0.5, 0.6) is 5.88 Å². The van der Waals surface area contributed by atoms with Gasteiger partial charge < -0.3 is 9.47 Å². The van der Waals surface area contributed by atoms with Crippen LogP contribution in [0.3, 0.4) is 0 Å². The summed E-state index contributed by atoms with van der Waals surface area (Å²) in [7, 11) is 0. The van der Waals surface area contributed by atoms with Crippen LogP contribution in [0.25, 0.3) is 0 Å². The van der Waals surface area contributed by atoms with E-state index < -0.39 is 0 Å². The molecule has 0 aliphatic rings. The Hall–Kier alpha value is -1.60. The molecule has 0 N–H and O–H groups in total. The Balaban J connectivity index is 2.47. The molecule has 1 atom stereocenters. The minimum Gasteiger partial charge on any atom is -0.472 e. The topological polar surface area (TPSA) is 55.1 Å². The van der Waals surface area contributed by atoms with Crippen molar-refractivity contribution in [1.29, 1.82) is 5.26 Å². The van der Waals surface area contributed by atoms with Crippen LogP contribution >= 0.6 is 0 Å². The molecule has 0 aliphatic heterocycles. The van der Waals surface area contributed by atoms with Gasteiger partial charge >= 0.3 is 0 Å². The molecule has 1 aromatic rings. The second kappa shape index (κ2) is 5.99. The standard InChI is InChI=1S/C11H14N2O2/c1-3-14-8-9(2)15-11-5-4-10(6-12)7-13-11/h4-5,7,9H,3,8H2,1-2H3. The molecule has 0 aliphatic carbocycles. The van der Waals surface area contributed by atoms with Crippen LogP contribution in [0.2, 0.25) is 0 Å². The Morgan fingerprint density at radius 1 is 1.53 bits per heavy atom. The van der Waals surface area contributed by atoms with Crippen molar-refractivity contribution in [3.63, 3.8) is 0 Å². The fourth-order valence-corrected chi connectivity index (χ4v) is 1.04. The minimum absolute atomic E-state index is 0.0367. The highest BCUT2D eigenvalue weighted by molar-refractivity contribution is 5.28. The average Bonchev–Trinajstić information content (AvgIpc) is 2.27. The molecule has 0 aromatic carbocycles. The predicted molar refractivity (Wildman–Crippen MR) is 55.5 cm³/mol. The van der Waals surface area contributed by atoms with E-state index in [0.29, 0.717) is 24.7 Å². The summed E-state index contributed by atoms with van der Waals surface area (Å²) < 4.78 is 10.7. The largest absolute Gasteiger partial charge is 0.472 e. The van der Waals surface area contributed by atoms with Gasteiger partial charge in [0, 0.05) is 18.9 Å². The summed E-state index contributed by atoms with van der Waals surface area (Å²) >= 11 is 0. The van der Waals surface area contributed by atoms with Crippen LogP contribution in [0.15, 0.2) is 18.3 Å². The zero-order chi connectivity index (χ0) is 11.1. The van der Waals surface area contributed by atoms with E-state index in [1.807, 2.05) is 19.9 Å². The first-order valence-corrected chi connectivity index (χ1v) is 4.86. The summed E-state index contributed by atoms with van der Waals surface area (Å²) in [5.41, 5.74) is 0.528. The molecule has 0 bridgehead atoms. The van der Waals surface area contributed by atoms with Gasteiger partial charge in [0.15, 0.2) is 0 Å². The zero-order valence-corrected chi connectivity index (χ0v) is 8.93.